The Kier molecular flexibility index (Phi) is 16.8. The summed E-state index contributed by atoms with van der Waals surface area (Å²) in [5, 5.41) is 5.40. The number of quaternary nitrogens is 1. The van der Waals surface area contributed by atoms with Gasteiger partial charge in [-0.05, 0) is 30.6 Å². The molecule has 0 aromatic rings. The van der Waals surface area contributed by atoms with Crippen LogP contribution in [0, 0.1) is 29.1 Å². The third-order valence-electron chi connectivity index (χ3n) is 7.30. The molecule has 0 spiro atoms. The van der Waals surface area contributed by atoms with Crippen LogP contribution in [0.2, 0.25) is 0 Å². The molecule has 0 aromatic heterocycles. The number of hydrogen-bond acceptors (Lipinski definition) is 8. The lowest BCUT2D eigenvalue weighted by molar-refractivity contribution is -0.250. The number of ether oxygens (including phenoxy) is 2. The van der Waals surface area contributed by atoms with Crippen molar-refractivity contribution in [2.75, 3.05) is 39.5 Å². The van der Waals surface area contributed by atoms with Crippen LogP contribution in [0.3, 0.4) is 0 Å². The zero-order chi connectivity index (χ0) is 32.7. The lowest BCUT2D eigenvalue weighted by Gasteiger charge is -2.24. The van der Waals surface area contributed by atoms with Gasteiger partial charge in [0.1, 0.15) is 5.78 Å². The van der Waals surface area contributed by atoms with Gasteiger partial charge in [-0.25, -0.2) is 4.79 Å². The summed E-state index contributed by atoms with van der Waals surface area (Å²) in [7, 11) is 0. The van der Waals surface area contributed by atoms with Crippen LogP contribution in [0.15, 0.2) is 0 Å². The van der Waals surface area contributed by atoms with Crippen LogP contribution < -0.4 is 16.4 Å². The number of Topliss-reactive ketones (excluding diaryl/α,β-unsaturated/α-hetero) is 2. The molecule has 5 N–H and O–H groups in total. The molecule has 0 radical (unpaired) electrons. The molecule has 0 bridgehead atoms. The van der Waals surface area contributed by atoms with Crippen molar-refractivity contribution in [3.8, 4) is 0 Å². The predicted molar refractivity (Wildman–Crippen MR) is 160 cm³/mol. The lowest BCUT2D eigenvalue weighted by Crippen LogP contribution is -2.63. The number of imide groups is 1. The number of urea groups is 1. The maximum Gasteiger partial charge on any atom is 0.411 e. The maximum absolute atomic E-state index is 13.2. The normalized spacial score (nSPS) is 17.0. The molecule has 1 rings (SSSR count). The molecule has 0 aromatic carbocycles. The Bertz CT molecular complexity index is 960. The van der Waals surface area contributed by atoms with Gasteiger partial charge >= 0.3 is 6.03 Å². The quantitative estimate of drug-likeness (QED) is 0.130. The SMILES string of the molecule is CC(C)C(=O)C(CCCNC([NH3+])=O)CC(=O)C(NC(=O)CCOCCOCCN1C(=O)CC(CC(C)(C)C)C1=O)C(C)C. The highest BCUT2D eigenvalue weighted by Crippen LogP contribution is 2.31. The Hall–Kier alpha value is -2.70. The third kappa shape index (κ3) is 15.0. The smallest absolute Gasteiger partial charge is 0.379 e. The van der Waals surface area contributed by atoms with Crippen molar-refractivity contribution in [2.45, 2.75) is 93.0 Å². The van der Waals surface area contributed by atoms with Gasteiger partial charge in [-0.2, -0.15) is 0 Å². The monoisotopic (exact) mass is 611 g/mol. The Labute approximate surface area is 256 Å². The van der Waals surface area contributed by atoms with Crippen molar-refractivity contribution in [2.24, 2.45) is 29.1 Å². The maximum atomic E-state index is 13.2. The van der Waals surface area contributed by atoms with E-state index in [1.54, 1.807) is 13.8 Å². The average Bonchev–Trinajstić information content (AvgIpc) is 3.15. The molecule has 1 aliphatic heterocycles. The highest BCUT2D eigenvalue weighted by molar-refractivity contribution is 6.03. The molecule has 12 heteroatoms. The van der Waals surface area contributed by atoms with Crippen LogP contribution in [0.4, 0.5) is 4.79 Å². The number of likely N-dealkylation sites (tertiary alicyclic amines) is 1. The van der Waals surface area contributed by atoms with Crippen LogP contribution in [-0.4, -0.2) is 85.8 Å². The molecular formula is C31H55N4O8+. The summed E-state index contributed by atoms with van der Waals surface area (Å²) in [6.07, 6.45) is 2.00. The number of nitrogens with one attached hydrogen (secondary N) is 2. The molecule has 1 fully saturated rings. The summed E-state index contributed by atoms with van der Waals surface area (Å²) in [5.41, 5.74) is 3.23. The van der Waals surface area contributed by atoms with Gasteiger partial charge in [-0.15, -0.1) is 0 Å². The van der Waals surface area contributed by atoms with Gasteiger partial charge in [0, 0.05) is 43.6 Å². The summed E-state index contributed by atoms with van der Waals surface area (Å²) in [6, 6.07) is -1.11. The number of carbonyl (C=O) groups is 6. The molecule has 246 valence electrons. The second-order valence-corrected chi connectivity index (χ2v) is 13.2. The minimum Gasteiger partial charge on any atom is -0.379 e. The van der Waals surface area contributed by atoms with Crippen molar-refractivity contribution >= 4 is 35.3 Å². The van der Waals surface area contributed by atoms with Crippen LogP contribution in [0.25, 0.3) is 0 Å². The van der Waals surface area contributed by atoms with E-state index in [0.717, 1.165) is 0 Å². The van der Waals surface area contributed by atoms with E-state index in [-0.39, 0.29) is 111 Å². The molecule has 1 heterocycles. The highest BCUT2D eigenvalue weighted by atomic mass is 16.5. The second kappa shape index (κ2) is 18.9. The first kappa shape index (κ1) is 38.3. The van der Waals surface area contributed by atoms with Gasteiger partial charge in [0.2, 0.25) is 17.7 Å². The Morgan fingerprint density at radius 1 is 1.00 bits per heavy atom. The molecule has 12 nitrogen and oxygen atoms in total. The minimum atomic E-state index is -0.725. The largest absolute Gasteiger partial charge is 0.411 e. The summed E-state index contributed by atoms with van der Waals surface area (Å²) < 4.78 is 11.0. The summed E-state index contributed by atoms with van der Waals surface area (Å²) in [5.74, 6) is -1.98. The number of nitrogens with zero attached hydrogens (tertiary/aromatic N) is 1. The van der Waals surface area contributed by atoms with Gasteiger partial charge < -0.3 is 20.1 Å². The fourth-order valence-electron chi connectivity index (χ4n) is 5.15. The molecule has 0 saturated carbocycles. The van der Waals surface area contributed by atoms with E-state index in [9.17, 15) is 28.8 Å². The van der Waals surface area contributed by atoms with Gasteiger partial charge in [0.15, 0.2) is 5.78 Å². The average molecular weight is 612 g/mol. The van der Waals surface area contributed by atoms with E-state index < -0.39 is 12.0 Å². The molecule has 3 unspecified atom stereocenters. The van der Waals surface area contributed by atoms with Gasteiger partial charge in [-0.3, -0.25) is 34.6 Å². The van der Waals surface area contributed by atoms with Crippen LogP contribution in [-0.2, 0) is 33.4 Å². The van der Waals surface area contributed by atoms with Crippen LogP contribution >= 0.6 is 0 Å². The topological polar surface area (TPSA) is 176 Å². The lowest BCUT2D eigenvalue weighted by atomic mass is 9.84. The third-order valence-corrected chi connectivity index (χ3v) is 7.30. The second-order valence-electron chi connectivity index (χ2n) is 13.2. The van der Waals surface area contributed by atoms with Gasteiger partial charge in [0.25, 0.3) is 0 Å². The molecular weight excluding hydrogens is 556 g/mol. The number of rotatable bonds is 21. The van der Waals surface area contributed by atoms with Crippen molar-refractivity contribution < 1.29 is 44.0 Å². The van der Waals surface area contributed by atoms with Crippen molar-refractivity contribution in [3.05, 3.63) is 0 Å². The highest BCUT2D eigenvalue weighted by Gasteiger charge is 2.39. The number of hydrogen-bond donors (Lipinski definition) is 3. The first-order valence-corrected chi connectivity index (χ1v) is 15.5. The summed E-state index contributed by atoms with van der Waals surface area (Å²) in [6.45, 7) is 14.9. The van der Waals surface area contributed by atoms with Crippen molar-refractivity contribution in [1.82, 2.24) is 15.5 Å². The van der Waals surface area contributed by atoms with E-state index in [4.69, 9.17) is 9.47 Å². The first-order valence-electron chi connectivity index (χ1n) is 15.5. The van der Waals surface area contributed by atoms with E-state index in [0.29, 0.717) is 25.8 Å². The van der Waals surface area contributed by atoms with E-state index in [1.165, 1.54) is 4.90 Å². The predicted octanol–water partition coefficient (Wildman–Crippen LogP) is 1.89. The Morgan fingerprint density at radius 2 is 1.63 bits per heavy atom. The summed E-state index contributed by atoms with van der Waals surface area (Å²) in [4.78, 5) is 75.5. The number of amides is 5. The Balaban J connectivity index is 2.39. The molecule has 0 aliphatic carbocycles. The van der Waals surface area contributed by atoms with Gasteiger partial charge in [0.05, 0.1) is 39.0 Å². The Morgan fingerprint density at radius 3 is 2.19 bits per heavy atom. The summed E-state index contributed by atoms with van der Waals surface area (Å²) >= 11 is 0. The van der Waals surface area contributed by atoms with Crippen LogP contribution in [0.5, 0.6) is 0 Å². The van der Waals surface area contributed by atoms with Crippen molar-refractivity contribution in [3.63, 3.8) is 0 Å². The molecule has 1 aliphatic rings. The van der Waals surface area contributed by atoms with Crippen LogP contribution in [0.1, 0.15) is 87.0 Å². The zero-order valence-corrected chi connectivity index (χ0v) is 27.3. The molecule has 5 amide bonds. The zero-order valence-electron chi connectivity index (χ0n) is 27.3. The standard InChI is InChI=1S/C31H54N4O8/c1-20(2)27(24(36)17-22(28(39)21(3)4)9-8-11-33-30(32)41)34-25(37)10-13-42-15-16-43-14-12-35-26(38)18-23(29(35)40)19-31(5,6)7/h20-23,27H,8-19H2,1-7H3,(H,34,37)(H3,32,33,41)/p+1. The molecule has 3 atom stereocenters. The number of carbonyl (C=O) groups excluding carboxylic acids is 6. The molecule has 43 heavy (non-hydrogen) atoms. The number of ketones is 2. The van der Waals surface area contributed by atoms with Crippen molar-refractivity contribution in [1.29, 1.82) is 0 Å². The van der Waals surface area contributed by atoms with E-state index in [1.807, 2.05) is 13.8 Å². The molecule has 1 saturated heterocycles. The van der Waals surface area contributed by atoms with E-state index >= 15 is 0 Å². The minimum absolute atomic E-state index is 0.0119. The fraction of sp³-hybridized carbons (Fsp3) is 0.806. The van der Waals surface area contributed by atoms with E-state index in [2.05, 4.69) is 37.1 Å². The fourth-order valence-corrected chi connectivity index (χ4v) is 5.15. The van der Waals surface area contributed by atoms with Gasteiger partial charge in [-0.1, -0.05) is 48.5 Å². The first-order chi connectivity index (χ1) is 20.0.